The molecule has 0 spiro atoms. The molecule has 6 nitrogen and oxygen atoms in total. The Labute approximate surface area is 208 Å². The molecule has 1 aliphatic carbocycles. The molecule has 0 atom stereocenters. The van der Waals surface area contributed by atoms with E-state index in [9.17, 15) is 21.6 Å². The number of thioether (sulfide) groups is 1. The minimum Gasteiger partial charge on any atom is -0.316 e. The van der Waals surface area contributed by atoms with Gasteiger partial charge in [-0.05, 0) is 49.1 Å². The molecule has 35 heavy (non-hydrogen) atoms. The standard InChI is InChI=1S/C24H29F3N4O2S2/c1-3-4-13-30(2)35(32,33)19-10-11-21-20(14-19)29-23(31(21)18-7-5-6-8-18)34-16-17-9-12-22(28-15-17)24(25,26)27/h9-12,14-15,18H,3-8,13,16H2,1-2H3. The zero-order chi connectivity index (χ0) is 25.2. The maximum absolute atomic E-state index is 13.0. The summed E-state index contributed by atoms with van der Waals surface area (Å²) in [4.78, 5) is 8.52. The Balaban J connectivity index is 1.64. The monoisotopic (exact) mass is 526 g/mol. The topological polar surface area (TPSA) is 68.1 Å². The molecule has 0 bridgehead atoms. The van der Waals surface area contributed by atoms with E-state index < -0.39 is 21.9 Å². The van der Waals surface area contributed by atoms with Gasteiger partial charge in [0.1, 0.15) is 5.69 Å². The van der Waals surface area contributed by atoms with Crippen molar-refractivity contribution in [3.63, 3.8) is 0 Å². The highest BCUT2D eigenvalue weighted by Gasteiger charge is 2.32. The molecule has 1 saturated carbocycles. The van der Waals surface area contributed by atoms with Crippen molar-refractivity contribution in [2.45, 2.75) is 73.5 Å². The second kappa shape index (κ2) is 10.5. The number of hydrogen-bond acceptors (Lipinski definition) is 5. The third-order valence-corrected chi connectivity index (χ3v) is 9.21. The predicted octanol–water partition coefficient (Wildman–Crippen LogP) is 6.28. The summed E-state index contributed by atoms with van der Waals surface area (Å²) in [7, 11) is -2.03. The maximum Gasteiger partial charge on any atom is 0.433 e. The number of alkyl halides is 3. The summed E-state index contributed by atoms with van der Waals surface area (Å²) in [5.41, 5.74) is 1.23. The van der Waals surface area contributed by atoms with Gasteiger partial charge in [-0.1, -0.05) is 44.0 Å². The first-order valence-corrected chi connectivity index (χ1v) is 14.2. The number of hydrogen-bond donors (Lipinski definition) is 0. The second-order valence-electron chi connectivity index (χ2n) is 8.87. The molecule has 3 aromatic rings. The second-order valence-corrected chi connectivity index (χ2v) is 11.9. The van der Waals surface area contributed by atoms with Crippen molar-refractivity contribution in [1.82, 2.24) is 18.8 Å². The normalized spacial score (nSPS) is 15.5. The zero-order valence-corrected chi connectivity index (χ0v) is 21.4. The van der Waals surface area contributed by atoms with Crippen molar-refractivity contribution >= 4 is 32.8 Å². The summed E-state index contributed by atoms with van der Waals surface area (Å²) in [5, 5.41) is 0.737. The van der Waals surface area contributed by atoms with Crippen molar-refractivity contribution in [3.05, 3.63) is 47.8 Å². The number of nitrogens with zero attached hydrogens (tertiary/aromatic N) is 4. The van der Waals surface area contributed by atoms with Crippen molar-refractivity contribution in [2.75, 3.05) is 13.6 Å². The molecule has 2 heterocycles. The van der Waals surface area contributed by atoms with E-state index in [1.807, 2.05) is 13.0 Å². The highest BCUT2D eigenvalue weighted by Crippen LogP contribution is 2.38. The fourth-order valence-corrected chi connectivity index (χ4v) is 6.59. The maximum atomic E-state index is 13.0. The number of pyridine rings is 1. The van der Waals surface area contributed by atoms with Crippen LogP contribution in [0.3, 0.4) is 0 Å². The molecule has 1 fully saturated rings. The largest absolute Gasteiger partial charge is 0.433 e. The third-order valence-electron chi connectivity index (χ3n) is 6.34. The molecule has 0 radical (unpaired) electrons. The molecule has 0 N–H and O–H groups in total. The van der Waals surface area contributed by atoms with Crippen molar-refractivity contribution in [3.8, 4) is 0 Å². The number of halogens is 3. The Bertz CT molecular complexity index is 1270. The van der Waals surface area contributed by atoms with E-state index in [-0.39, 0.29) is 10.9 Å². The number of fused-ring (bicyclic) bond motifs is 1. The molecule has 4 rings (SSSR count). The molecule has 0 saturated heterocycles. The van der Waals surface area contributed by atoms with E-state index >= 15 is 0 Å². The lowest BCUT2D eigenvalue weighted by atomic mass is 10.2. The van der Waals surface area contributed by atoms with Gasteiger partial charge in [-0.25, -0.2) is 17.7 Å². The molecule has 2 aromatic heterocycles. The number of sulfonamides is 1. The molecule has 1 aromatic carbocycles. The van der Waals surface area contributed by atoms with Crippen molar-refractivity contribution in [2.24, 2.45) is 0 Å². The van der Waals surface area contributed by atoms with Gasteiger partial charge in [0.15, 0.2) is 5.16 Å². The lowest BCUT2D eigenvalue weighted by Gasteiger charge is -2.18. The SMILES string of the molecule is CCCCN(C)S(=O)(=O)c1ccc2c(c1)nc(SCc1ccc(C(F)(F)F)nc1)n2C1CCCC1. The van der Waals surface area contributed by atoms with Gasteiger partial charge in [0, 0.05) is 31.6 Å². The minimum absolute atomic E-state index is 0.211. The van der Waals surface area contributed by atoms with Crippen molar-refractivity contribution < 1.29 is 21.6 Å². The third kappa shape index (κ3) is 5.67. The first kappa shape index (κ1) is 26.0. The van der Waals surface area contributed by atoms with Crippen LogP contribution in [0.1, 0.15) is 62.7 Å². The molecule has 0 amide bonds. The molecule has 190 valence electrons. The first-order chi connectivity index (χ1) is 16.6. The average Bonchev–Trinajstić information content (AvgIpc) is 3.47. The molecular formula is C24H29F3N4O2S2. The number of imidazole rings is 1. The summed E-state index contributed by atoms with van der Waals surface area (Å²) in [5.74, 6) is 0.409. The van der Waals surface area contributed by atoms with Gasteiger partial charge in [0.05, 0.1) is 15.9 Å². The van der Waals surface area contributed by atoms with E-state index in [2.05, 4.69) is 9.55 Å². The fourth-order valence-electron chi connectivity index (χ4n) is 4.34. The van der Waals surface area contributed by atoms with Gasteiger partial charge in [0.25, 0.3) is 0 Å². The van der Waals surface area contributed by atoms with Crippen LogP contribution in [-0.4, -0.2) is 40.9 Å². The summed E-state index contributed by atoms with van der Waals surface area (Å²) >= 11 is 1.43. The number of rotatable bonds is 9. The quantitative estimate of drug-likeness (QED) is 0.307. The summed E-state index contributed by atoms with van der Waals surface area (Å²) < 4.78 is 68.1. The Morgan fingerprint density at radius 3 is 2.54 bits per heavy atom. The first-order valence-electron chi connectivity index (χ1n) is 11.7. The zero-order valence-electron chi connectivity index (χ0n) is 19.8. The predicted molar refractivity (Wildman–Crippen MR) is 131 cm³/mol. The number of aromatic nitrogens is 3. The fraction of sp³-hybridized carbons (Fsp3) is 0.500. The lowest BCUT2D eigenvalue weighted by Crippen LogP contribution is -2.27. The Hall–Kier alpha value is -2.11. The molecule has 0 aliphatic heterocycles. The van der Waals surface area contributed by atoms with Gasteiger partial charge < -0.3 is 4.57 Å². The van der Waals surface area contributed by atoms with Crippen LogP contribution in [-0.2, 0) is 22.0 Å². The Morgan fingerprint density at radius 2 is 1.91 bits per heavy atom. The average molecular weight is 527 g/mol. The van der Waals surface area contributed by atoms with Crippen LogP contribution in [0.25, 0.3) is 11.0 Å². The number of benzene rings is 1. The molecule has 1 aliphatic rings. The molecule has 0 unspecified atom stereocenters. The van der Waals surface area contributed by atoms with Gasteiger partial charge in [-0.3, -0.25) is 4.98 Å². The van der Waals surface area contributed by atoms with Gasteiger partial charge in [-0.15, -0.1) is 0 Å². The van der Waals surface area contributed by atoms with Crippen LogP contribution in [0.4, 0.5) is 13.2 Å². The Kier molecular flexibility index (Phi) is 7.77. The summed E-state index contributed by atoms with van der Waals surface area (Å²) in [6, 6.07) is 7.78. The van der Waals surface area contributed by atoms with Crippen LogP contribution in [0, 0.1) is 0 Å². The van der Waals surface area contributed by atoms with Gasteiger partial charge >= 0.3 is 6.18 Å². The van der Waals surface area contributed by atoms with Crippen LogP contribution in [0.2, 0.25) is 0 Å². The van der Waals surface area contributed by atoms with Crippen LogP contribution in [0.15, 0.2) is 46.6 Å². The highest BCUT2D eigenvalue weighted by molar-refractivity contribution is 7.98. The van der Waals surface area contributed by atoms with Gasteiger partial charge in [0.2, 0.25) is 10.0 Å². The van der Waals surface area contributed by atoms with E-state index in [1.165, 1.54) is 28.3 Å². The Morgan fingerprint density at radius 1 is 1.17 bits per heavy atom. The van der Waals surface area contributed by atoms with E-state index in [4.69, 9.17) is 4.98 Å². The number of unbranched alkanes of at least 4 members (excludes halogenated alkanes) is 1. The summed E-state index contributed by atoms with van der Waals surface area (Å²) in [6.07, 6.45) is 2.73. The summed E-state index contributed by atoms with van der Waals surface area (Å²) in [6.45, 7) is 2.47. The smallest absolute Gasteiger partial charge is 0.316 e. The van der Waals surface area contributed by atoms with Crippen LogP contribution in [0.5, 0.6) is 0 Å². The van der Waals surface area contributed by atoms with E-state index in [1.54, 1.807) is 19.2 Å². The van der Waals surface area contributed by atoms with Gasteiger partial charge in [-0.2, -0.15) is 13.2 Å². The van der Waals surface area contributed by atoms with E-state index in [0.717, 1.165) is 55.3 Å². The highest BCUT2D eigenvalue weighted by atomic mass is 32.2. The van der Waals surface area contributed by atoms with E-state index in [0.29, 0.717) is 23.4 Å². The lowest BCUT2D eigenvalue weighted by molar-refractivity contribution is -0.141. The van der Waals surface area contributed by atoms with Crippen LogP contribution < -0.4 is 0 Å². The van der Waals surface area contributed by atoms with Crippen LogP contribution >= 0.6 is 11.8 Å². The molecule has 11 heteroatoms. The molecular weight excluding hydrogens is 497 g/mol. The minimum atomic E-state index is -4.47. The van der Waals surface area contributed by atoms with Crippen molar-refractivity contribution in [1.29, 1.82) is 0 Å².